The van der Waals surface area contributed by atoms with Gasteiger partial charge in [0.25, 0.3) is 10.0 Å². The number of pyridine rings is 1. The molecule has 0 aliphatic carbocycles. The molecule has 2 aromatic heterocycles. The standard InChI is InChI=1S/C13H11FN4O2S/c14-9-4-6-10(7-5-9)17-21(19,20)13-12(15)16-11-3-1-2-8-18(11)13/h1-8,17H,15H2. The van der Waals surface area contributed by atoms with E-state index in [0.717, 1.165) is 12.1 Å². The molecule has 0 spiro atoms. The van der Waals surface area contributed by atoms with Gasteiger partial charge in [-0.05, 0) is 36.4 Å². The SMILES string of the molecule is Nc1nc2ccccn2c1S(=O)(=O)Nc1ccc(F)cc1. The van der Waals surface area contributed by atoms with Crippen LogP contribution in [0.15, 0.2) is 53.7 Å². The van der Waals surface area contributed by atoms with Gasteiger partial charge < -0.3 is 5.73 Å². The van der Waals surface area contributed by atoms with E-state index in [-0.39, 0.29) is 16.5 Å². The van der Waals surface area contributed by atoms with E-state index in [1.807, 2.05) is 0 Å². The third-order valence-electron chi connectivity index (χ3n) is 2.86. The molecule has 1 aromatic carbocycles. The van der Waals surface area contributed by atoms with Crippen LogP contribution in [-0.4, -0.2) is 17.8 Å². The summed E-state index contributed by atoms with van der Waals surface area (Å²) >= 11 is 0. The summed E-state index contributed by atoms with van der Waals surface area (Å²) in [5, 5.41) is -0.151. The van der Waals surface area contributed by atoms with Crippen LogP contribution in [-0.2, 0) is 10.0 Å². The summed E-state index contributed by atoms with van der Waals surface area (Å²) < 4.78 is 41.4. The van der Waals surface area contributed by atoms with Crippen LogP contribution < -0.4 is 10.5 Å². The van der Waals surface area contributed by atoms with E-state index in [4.69, 9.17) is 5.73 Å². The van der Waals surface area contributed by atoms with E-state index in [1.54, 1.807) is 24.4 Å². The van der Waals surface area contributed by atoms with Gasteiger partial charge in [0.2, 0.25) is 5.03 Å². The van der Waals surface area contributed by atoms with Crippen LogP contribution in [0, 0.1) is 5.82 Å². The van der Waals surface area contributed by atoms with Gasteiger partial charge in [-0.15, -0.1) is 0 Å². The highest BCUT2D eigenvalue weighted by Gasteiger charge is 2.23. The monoisotopic (exact) mass is 306 g/mol. The van der Waals surface area contributed by atoms with Crippen LogP contribution in [0.1, 0.15) is 0 Å². The largest absolute Gasteiger partial charge is 0.381 e. The van der Waals surface area contributed by atoms with E-state index >= 15 is 0 Å². The molecule has 0 saturated carbocycles. The number of aromatic nitrogens is 2. The number of nitrogen functional groups attached to an aromatic ring is 1. The molecule has 8 heteroatoms. The zero-order chi connectivity index (χ0) is 15.0. The minimum atomic E-state index is -3.94. The number of halogens is 1. The summed E-state index contributed by atoms with van der Waals surface area (Å²) in [4.78, 5) is 4.00. The minimum absolute atomic E-state index is 0.101. The molecular weight excluding hydrogens is 295 g/mol. The lowest BCUT2D eigenvalue weighted by molar-refractivity contribution is 0.597. The van der Waals surface area contributed by atoms with Crippen molar-refractivity contribution in [1.29, 1.82) is 0 Å². The van der Waals surface area contributed by atoms with Crippen molar-refractivity contribution in [3.63, 3.8) is 0 Å². The van der Waals surface area contributed by atoms with Gasteiger partial charge in [-0.3, -0.25) is 9.12 Å². The second-order valence-corrected chi connectivity index (χ2v) is 5.94. The predicted octanol–water partition coefficient (Wildman–Crippen LogP) is 1.86. The quantitative estimate of drug-likeness (QED) is 0.773. The van der Waals surface area contributed by atoms with Crippen LogP contribution in [0.4, 0.5) is 15.9 Å². The number of nitrogens with one attached hydrogen (secondary N) is 1. The van der Waals surface area contributed by atoms with Gasteiger partial charge in [0.15, 0.2) is 5.82 Å². The van der Waals surface area contributed by atoms with Gasteiger partial charge >= 0.3 is 0 Å². The first kappa shape index (κ1) is 13.4. The average Bonchev–Trinajstić information content (AvgIpc) is 2.77. The van der Waals surface area contributed by atoms with Crippen molar-refractivity contribution in [2.75, 3.05) is 10.5 Å². The minimum Gasteiger partial charge on any atom is -0.381 e. The second kappa shape index (κ2) is 4.74. The average molecular weight is 306 g/mol. The molecule has 0 saturated heterocycles. The maximum absolute atomic E-state index is 12.9. The van der Waals surface area contributed by atoms with Crippen molar-refractivity contribution < 1.29 is 12.8 Å². The summed E-state index contributed by atoms with van der Waals surface area (Å²) in [5.74, 6) is -0.553. The Balaban J connectivity index is 2.08. The van der Waals surface area contributed by atoms with Crippen molar-refractivity contribution in [1.82, 2.24) is 9.38 Å². The molecule has 3 N–H and O–H groups in total. The zero-order valence-corrected chi connectivity index (χ0v) is 11.5. The first-order valence-electron chi connectivity index (χ1n) is 5.98. The first-order chi connectivity index (χ1) is 9.97. The fourth-order valence-electron chi connectivity index (χ4n) is 1.98. The number of fused-ring (bicyclic) bond motifs is 1. The summed E-state index contributed by atoms with van der Waals surface area (Å²) in [7, 11) is -3.94. The summed E-state index contributed by atoms with van der Waals surface area (Å²) in [6.45, 7) is 0. The van der Waals surface area contributed by atoms with E-state index in [0.29, 0.717) is 5.65 Å². The zero-order valence-electron chi connectivity index (χ0n) is 10.7. The fourth-order valence-corrected chi connectivity index (χ4v) is 3.26. The molecular formula is C13H11FN4O2S. The van der Waals surface area contributed by atoms with Crippen molar-refractivity contribution in [3.05, 3.63) is 54.5 Å². The second-order valence-electron chi connectivity index (χ2n) is 4.34. The highest BCUT2D eigenvalue weighted by Crippen LogP contribution is 2.22. The van der Waals surface area contributed by atoms with E-state index in [9.17, 15) is 12.8 Å². The van der Waals surface area contributed by atoms with Crippen molar-refractivity contribution in [2.45, 2.75) is 5.03 Å². The fraction of sp³-hybridized carbons (Fsp3) is 0. The number of nitrogens with zero attached hydrogens (tertiary/aromatic N) is 2. The number of imidazole rings is 1. The smallest absolute Gasteiger partial charge is 0.281 e. The molecule has 0 unspecified atom stereocenters. The number of anilines is 2. The van der Waals surface area contributed by atoms with Gasteiger partial charge in [0, 0.05) is 11.9 Å². The van der Waals surface area contributed by atoms with Gasteiger partial charge in [-0.2, -0.15) is 8.42 Å². The number of nitrogens with two attached hydrogens (primary N) is 1. The Morgan fingerprint density at radius 2 is 1.86 bits per heavy atom. The Kier molecular flexibility index (Phi) is 3.02. The first-order valence-corrected chi connectivity index (χ1v) is 7.47. The van der Waals surface area contributed by atoms with Gasteiger partial charge in [0.1, 0.15) is 11.5 Å². The third kappa shape index (κ3) is 2.40. The van der Waals surface area contributed by atoms with Crippen molar-refractivity contribution >= 4 is 27.2 Å². The molecule has 0 aliphatic heterocycles. The Bertz CT molecular complexity index is 904. The highest BCUT2D eigenvalue weighted by atomic mass is 32.2. The van der Waals surface area contributed by atoms with Crippen LogP contribution in [0.5, 0.6) is 0 Å². The Morgan fingerprint density at radius 3 is 2.57 bits per heavy atom. The van der Waals surface area contributed by atoms with Gasteiger partial charge in [-0.25, -0.2) is 9.37 Å². The number of hydrogen-bond acceptors (Lipinski definition) is 4. The van der Waals surface area contributed by atoms with Gasteiger partial charge in [0.05, 0.1) is 0 Å². The lowest BCUT2D eigenvalue weighted by Gasteiger charge is -2.08. The number of hydrogen-bond donors (Lipinski definition) is 2. The molecule has 0 bridgehead atoms. The Labute approximate surface area is 120 Å². The normalized spacial score (nSPS) is 11.7. The van der Waals surface area contributed by atoms with Crippen LogP contribution in [0.3, 0.4) is 0 Å². The van der Waals surface area contributed by atoms with Crippen molar-refractivity contribution in [2.24, 2.45) is 0 Å². The topological polar surface area (TPSA) is 89.5 Å². The molecule has 108 valence electrons. The molecule has 6 nitrogen and oxygen atoms in total. The van der Waals surface area contributed by atoms with Crippen LogP contribution in [0.25, 0.3) is 5.65 Å². The number of benzene rings is 1. The van der Waals surface area contributed by atoms with Crippen LogP contribution in [0.2, 0.25) is 0 Å². The van der Waals surface area contributed by atoms with E-state index in [1.165, 1.54) is 16.5 Å². The molecule has 2 heterocycles. The lowest BCUT2D eigenvalue weighted by Crippen LogP contribution is -2.16. The van der Waals surface area contributed by atoms with E-state index < -0.39 is 15.8 Å². The molecule has 0 fully saturated rings. The summed E-state index contributed by atoms with van der Waals surface area (Å²) in [6, 6.07) is 10.0. The molecule has 0 aliphatic rings. The Hall–Kier alpha value is -2.61. The van der Waals surface area contributed by atoms with Gasteiger partial charge in [-0.1, -0.05) is 6.07 Å². The summed E-state index contributed by atoms with van der Waals surface area (Å²) in [6.07, 6.45) is 1.55. The molecule has 0 radical (unpaired) electrons. The van der Waals surface area contributed by atoms with Crippen molar-refractivity contribution in [3.8, 4) is 0 Å². The number of sulfonamides is 1. The van der Waals surface area contributed by atoms with E-state index in [2.05, 4.69) is 9.71 Å². The third-order valence-corrected chi connectivity index (χ3v) is 4.28. The Morgan fingerprint density at radius 1 is 1.14 bits per heavy atom. The van der Waals surface area contributed by atoms with Crippen LogP contribution >= 0.6 is 0 Å². The maximum atomic E-state index is 12.9. The molecule has 0 atom stereocenters. The highest BCUT2D eigenvalue weighted by molar-refractivity contribution is 7.92. The molecule has 3 rings (SSSR count). The number of rotatable bonds is 3. The molecule has 0 amide bonds. The molecule has 3 aromatic rings. The summed E-state index contributed by atoms with van der Waals surface area (Å²) in [5.41, 5.74) is 6.37. The lowest BCUT2D eigenvalue weighted by atomic mass is 10.3. The maximum Gasteiger partial charge on any atom is 0.281 e. The predicted molar refractivity (Wildman–Crippen MR) is 76.8 cm³/mol. The molecule has 21 heavy (non-hydrogen) atoms.